The normalized spacial score (nSPS) is 11.7. The van der Waals surface area contributed by atoms with E-state index < -0.39 is 0 Å². The Bertz CT molecular complexity index is 3200. The predicted molar refractivity (Wildman–Crippen MR) is 219 cm³/mol. The van der Waals surface area contributed by atoms with E-state index in [2.05, 4.69) is 115 Å². The molecule has 0 unspecified atom stereocenters. The maximum atomic E-state index is 6.78. The van der Waals surface area contributed by atoms with E-state index in [1.165, 1.54) is 11.1 Å². The van der Waals surface area contributed by atoms with Crippen molar-refractivity contribution >= 4 is 54.6 Å². The zero-order valence-corrected chi connectivity index (χ0v) is 28.9. The summed E-state index contributed by atoms with van der Waals surface area (Å²) in [6.45, 7) is 0. The monoisotopic (exact) mass is 691 g/mol. The van der Waals surface area contributed by atoms with Crippen molar-refractivity contribution in [2.75, 3.05) is 0 Å². The van der Waals surface area contributed by atoms with Gasteiger partial charge in [0.05, 0.1) is 5.56 Å². The Balaban J connectivity index is 1.11. The van der Waals surface area contributed by atoms with Gasteiger partial charge in [0, 0.05) is 32.7 Å². The van der Waals surface area contributed by atoms with Crippen molar-refractivity contribution in [2.24, 2.45) is 0 Å². The minimum Gasteiger partial charge on any atom is -0.456 e. The van der Waals surface area contributed by atoms with Gasteiger partial charge in [0.2, 0.25) is 0 Å². The molecule has 0 radical (unpaired) electrons. The smallest absolute Gasteiger partial charge is 0.167 e. The van der Waals surface area contributed by atoms with Crippen molar-refractivity contribution in [3.8, 4) is 56.4 Å². The van der Waals surface area contributed by atoms with Gasteiger partial charge >= 0.3 is 0 Å². The van der Waals surface area contributed by atoms with Crippen LogP contribution in [0.4, 0.5) is 0 Å². The van der Waals surface area contributed by atoms with E-state index in [0.717, 1.165) is 82.5 Å². The van der Waals surface area contributed by atoms with Crippen molar-refractivity contribution in [1.29, 1.82) is 0 Å². The second-order valence-corrected chi connectivity index (χ2v) is 13.6. The Morgan fingerprint density at radius 2 is 0.870 bits per heavy atom. The van der Waals surface area contributed by atoms with Gasteiger partial charge in [0.15, 0.2) is 17.5 Å². The topological polar surface area (TPSA) is 65.0 Å². The van der Waals surface area contributed by atoms with Crippen LogP contribution in [-0.2, 0) is 0 Å². The molecule has 0 saturated carbocycles. The van der Waals surface area contributed by atoms with Crippen LogP contribution in [0, 0.1) is 0 Å². The van der Waals surface area contributed by atoms with Gasteiger partial charge in [-0.2, -0.15) is 0 Å². The van der Waals surface area contributed by atoms with Crippen molar-refractivity contribution in [3.63, 3.8) is 0 Å². The number of hydrogen-bond donors (Lipinski definition) is 0. The fourth-order valence-corrected chi connectivity index (χ4v) is 7.66. The van der Waals surface area contributed by atoms with Crippen LogP contribution in [0.15, 0.2) is 185 Å². The van der Waals surface area contributed by atoms with Crippen LogP contribution in [0.3, 0.4) is 0 Å². The average Bonchev–Trinajstić information content (AvgIpc) is 3.82. The highest BCUT2D eigenvalue weighted by atomic mass is 16.3. The number of aromatic nitrogens is 3. The summed E-state index contributed by atoms with van der Waals surface area (Å²) in [5.74, 6) is 1.67. The first-order chi connectivity index (χ1) is 26.7. The van der Waals surface area contributed by atoms with Gasteiger partial charge in [-0.25, -0.2) is 15.0 Å². The van der Waals surface area contributed by atoms with Gasteiger partial charge in [-0.15, -0.1) is 0 Å². The minimum atomic E-state index is 0.537. The SMILES string of the molecule is c1ccc(-c2ccc(-c3ccc4oc5c(-c6nc(-c7ccccc7)nc(-c7ccc8c(c7)oc7ccccc78)n6)cc6ccccc6c5c4c3)cc2)cc1. The molecule has 11 rings (SSSR count). The zero-order chi connectivity index (χ0) is 35.6. The lowest BCUT2D eigenvalue weighted by atomic mass is 9.97. The number of furan rings is 2. The maximum Gasteiger partial charge on any atom is 0.167 e. The number of para-hydroxylation sites is 1. The van der Waals surface area contributed by atoms with Gasteiger partial charge in [-0.05, 0) is 69.4 Å². The van der Waals surface area contributed by atoms with Crippen LogP contribution >= 0.6 is 0 Å². The van der Waals surface area contributed by atoms with E-state index in [0.29, 0.717) is 17.5 Å². The molecule has 0 spiro atoms. The molecule has 3 heterocycles. The molecule has 8 aromatic carbocycles. The molecule has 0 aliphatic rings. The lowest BCUT2D eigenvalue weighted by molar-refractivity contribution is 0.668. The summed E-state index contributed by atoms with van der Waals surface area (Å²) < 4.78 is 13.0. The molecule has 54 heavy (non-hydrogen) atoms. The van der Waals surface area contributed by atoms with Gasteiger partial charge in [0.25, 0.3) is 0 Å². The van der Waals surface area contributed by atoms with E-state index >= 15 is 0 Å². The molecule has 3 aromatic heterocycles. The summed E-state index contributed by atoms with van der Waals surface area (Å²) in [4.78, 5) is 15.3. The number of rotatable bonds is 5. The zero-order valence-electron chi connectivity index (χ0n) is 28.9. The third-order valence-electron chi connectivity index (χ3n) is 10.3. The maximum absolute atomic E-state index is 6.78. The molecule has 11 aromatic rings. The number of hydrogen-bond acceptors (Lipinski definition) is 5. The highest BCUT2D eigenvalue weighted by Gasteiger charge is 2.21. The van der Waals surface area contributed by atoms with Crippen molar-refractivity contribution in [3.05, 3.63) is 176 Å². The van der Waals surface area contributed by atoms with Crippen LogP contribution in [0.1, 0.15) is 0 Å². The molecule has 5 heteroatoms. The second kappa shape index (κ2) is 12.1. The molecule has 0 amide bonds. The second-order valence-electron chi connectivity index (χ2n) is 13.6. The number of benzene rings is 8. The van der Waals surface area contributed by atoms with Gasteiger partial charge in [-0.3, -0.25) is 0 Å². The molecule has 5 nitrogen and oxygen atoms in total. The molecular formula is C49H29N3O2. The summed E-state index contributed by atoms with van der Waals surface area (Å²) in [5.41, 5.74) is 10.4. The Morgan fingerprint density at radius 1 is 0.315 bits per heavy atom. The van der Waals surface area contributed by atoms with Gasteiger partial charge in [-0.1, -0.05) is 140 Å². The molecule has 0 atom stereocenters. The minimum absolute atomic E-state index is 0.537. The lowest BCUT2D eigenvalue weighted by Crippen LogP contribution is -2.00. The first-order valence-corrected chi connectivity index (χ1v) is 18.0. The van der Waals surface area contributed by atoms with Crippen LogP contribution in [0.2, 0.25) is 0 Å². The summed E-state index contributed by atoms with van der Waals surface area (Å²) in [5, 5.41) is 6.40. The summed E-state index contributed by atoms with van der Waals surface area (Å²) in [7, 11) is 0. The molecule has 0 fully saturated rings. The first kappa shape index (κ1) is 30.3. The highest BCUT2D eigenvalue weighted by Crippen LogP contribution is 2.42. The molecular weight excluding hydrogens is 663 g/mol. The van der Waals surface area contributed by atoms with E-state index in [4.69, 9.17) is 23.8 Å². The van der Waals surface area contributed by atoms with E-state index in [1.807, 2.05) is 60.7 Å². The fourth-order valence-electron chi connectivity index (χ4n) is 7.66. The van der Waals surface area contributed by atoms with E-state index in [-0.39, 0.29) is 0 Å². The first-order valence-electron chi connectivity index (χ1n) is 18.0. The van der Waals surface area contributed by atoms with E-state index in [9.17, 15) is 0 Å². The fraction of sp³-hybridized carbons (Fsp3) is 0. The van der Waals surface area contributed by atoms with E-state index in [1.54, 1.807) is 0 Å². The highest BCUT2D eigenvalue weighted by molar-refractivity contribution is 6.22. The quantitative estimate of drug-likeness (QED) is 0.180. The van der Waals surface area contributed by atoms with Crippen molar-refractivity contribution < 1.29 is 8.83 Å². The molecule has 0 aliphatic carbocycles. The Labute approximate surface area is 309 Å². The Hall–Kier alpha value is -7.37. The average molecular weight is 692 g/mol. The third-order valence-corrected chi connectivity index (χ3v) is 10.3. The summed E-state index contributed by atoms with van der Waals surface area (Å²) in [6, 6.07) is 60.5. The third kappa shape index (κ3) is 4.98. The lowest BCUT2D eigenvalue weighted by Gasteiger charge is -2.10. The van der Waals surface area contributed by atoms with Gasteiger partial charge in [0.1, 0.15) is 22.3 Å². The standard InChI is InChI=1S/C49H29N3O2/c1-3-11-30(12-4-1)31-19-21-32(22-20-31)34-24-26-43-40(27-34)45-37-16-8-7-15-35(37)28-41(46(45)54-43)49-51-47(33-13-5-2-6-14-33)50-48(52-49)36-23-25-39-38-17-9-10-18-42(38)53-44(39)29-36/h1-29H. The molecule has 252 valence electrons. The molecule has 0 N–H and O–H groups in total. The molecule has 0 bridgehead atoms. The van der Waals surface area contributed by atoms with Crippen LogP contribution in [-0.4, -0.2) is 15.0 Å². The number of fused-ring (bicyclic) bond motifs is 8. The molecule has 0 aliphatic heterocycles. The van der Waals surface area contributed by atoms with Crippen LogP contribution < -0.4 is 0 Å². The van der Waals surface area contributed by atoms with Crippen molar-refractivity contribution in [2.45, 2.75) is 0 Å². The summed E-state index contributed by atoms with van der Waals surface area (Å²) >= 11 is 0. The summed E-state index contributed by atoms with van der Waals surface area (Å²) in [6.07, 6.45) is 0. The van der Waals surface area contributed by atoms with Crippen molar-refractivity contribution in [1.82, 2.24) is 15.0 Å². The predicted octanol–water partition coefficient (Wildman–Crippen LogP) is 13.2. The van der Waals surface area contributed by atoms with Crippen LogP contribution in [0.25, 0.3) is 111 Å². The largest absolute Gasteiger partial charge is 0.456 e. The Kier molecular flexibility index (Phi) is 6.79. The van der Waals surface area contributed by atoms with Crippen LogP contribution in [0.5, 0.6) is 0 Å². The molecule has 0 saturated heterocycles. The Morgan fingerprint density at radius 3 is 1.67 bits per heavy atom. The van der Waals surface area contributed by atoms with Gasteiger partial charge < -0.3 is 8.83 Å². The number of nitrogens with zero attached hydrogens (tertiary/aromatic N) is 3.